The fourth-order valence-electron chi connectivity index (χ4n) is 2.27. The van der Waals surface area contributed by atoms with Crippen LogP contribution in [0.4, 0.5) is 5.13 Å². The van der Waals surface area contributed by atoms with Crippen LogP contribution in [0.5, 0.6) is 0 Å². The second-order valence-electron chi connectivity index (χ2n) is 4.89. The monoisotopic (exact) mass is 255 g/mol. The number of nitrogens with zero attached hydrogens (tertiary/aromatic N) is 2. The molecular formula is C12H21N3OS. The molecule has 0 spiro atoms. The molecule has 1 atom stereocenters. The first kappa shape index (κ1) is 12.8. The average Bonchev–Trinajstić information content (AvgIpc) is 2.71. The predicted octanol–water partition coefficient (Wildman–Crippen LogP) is 1.92. The number of nitrogens with two attached hydrogens (primary N) is 1. The predicted molar refractivity (Wildman–Crippen MR) is 71.6 cm³/mol. The normalized spacial score (nSPS) is 25.3. The number of aromatic nitrogens is 1. The number of hydrogen-bond acceptors (Lipinski definition) is 5. The number of anilines is 1. The molecule has 1 fully saturated rings. The van der Waals surface area contributed by atoms with Crippen molar-refractivity contribution in [2.75, 3.05) is 25.1 Å². The highest BCUT2D eigenvalue weighted by atomic mass is 32.1. The molecule has 5 heteroatoms. The van der Waals surface area contributed by atoms with Gasteiger partial charge >= 0.3 is 0 Å². The van der Waals surface area contributed by atoms with E-state index in [1.54, 1.807) is 18.4 Å². The number of ether oxygens (including phenoxy) is 1. The van der Waals surface area contributed by atoms with Crippen LogP contribution in [0, 0.1) is 6.92 Å². The maximum Gasteiger partial charge on any atom is 0.185 e. The average molecular weight is 255 g/mol. The Bertz CT molecular complexity index is 393. The zero-order chi connectivity index (χ0) is 12.5. The summed E-state index contributed by atoms with van der Waals surface area (Å²) in [4.78, 5) is 8.12. The molecule has 0 bridgehead atoms. The number of piperidine rings is 1. The summed E-state index contributed by atoms with van der Waals surface area (Å²) in [5, 5.41) is 1.09. The van der Waals surface area contributed by atoms with Gasteiger partial charge in [0.05, 0.1) is 11.3 Å². The first-order chi connectivity index (χ1) is 8.08. The standard InChI is InChI=1S/C12H21N3OS/c1-9-10(7-13)17-11(14-9)15-6-4-5-12(2,8-15)16-3/h4-8,13H2,1-3H3. The van der Waals surface area contributed by atoms with Gasteiger partial charge < -0.3 is 15.4 Å². The van der Waals surface area contributed by atoms with Crippen LogP contribution in [-0.2, 0) is 11.3 Å². The number of aryl methyl sites for hydroxylation is 1. The summed E-state index contributed by atoms with van der Waals surface area (Å²) in [5.74, 6) is 0. The van der Waals surface area contributed by atoms with Crippen molar-refractivity contribution in [2.24, 2.45) is 5.73 Å². The van der Waals surface area contributed by atoms with Crippen LogP contribution in [-0.4, -0.2) is 30.8 Å². The van der Waals surface area contributed by atoms with E-state index in [-0.39, 0.29) is 5.60 Å². The molecule has 2 heterocycles. The van der Waals surface area contributed by atoms with Crippen molar-refractivity contribution < 1.29 is 4.74 Å². The van der Waals surface area contributed by atoms with Crippen molar-refractivity contribution >= 4 is 16.5 Å². The van der Waals surface area contributed by atoms with E-state index >= 15 is 0 Å². The lowest BCUT2D eigenvalue weighted by molar-refractivity contribution is -0.00466. The molecule has 1 aromatic rings. The summed E-state index contributed by atoms with van der Waals surface area (Å²) in [6.07, 6.45) is 2.27. The van der Waals surface area contributed by atoms with Crippen molar-refractivity contribution in [1.29, 1.82) is 0 Å². The Morgan fingerprint density at radius 1 is 1.59 bits per heavy atom. The van der Waals surface area contributed by atoms with Gasteiger partial charge in [0, 0.05) is 31.6 Å². The fraction of sp³-hybridized carbons (Fsp3) is 0.750. The summed E-state index contributed by atoms with van der Waals surface area (Å²) < 4.78 is 5.60. The van der Waals surface area contributed by atoms with E-state index in [4.69, 9.17) is 10.5 Å². The highest BCUT2D eigenvalue weighted by Gasteiger charge is 2.32. The topological polar surface area (TPSA) is 51.4 Å². The largest absolute Gasteiger partial charge is 0.377 e. The summed E-state index contributed by atoms with van der Waals surface area (Å²) in [7, 11) is 1.79. The van der Waals surface area contributed by atoms with Crippen LogP contribution in [0.2, 0.25) is 0 Å². The molecule has 2 rings (SSSR count). The first-order valence-electron chi connectivity index (χ1n) is 6.04. The van der Waals surface area contributed by atoms with E-state index in [2.05, 4.69) is 16.8 Å². The SMILES string of the molecule is COC1(C)CCCN(c2nc(C)c(CN)s2)C1. The van der Waals surface area contributed by atoms with Crippen molar-refractivity contribution in [3.63, 3.8) is 0 Å². The smallest absolute Gasteiger partial charge is 0.185 e. The number of rotatable bonds is 3. The molecule has 0 aromatic carbocycles. The molecule has 0 saturated carbocycles. The van der Waals surface area contributed by atoms with Gasteiger partial charge in [0.15, 0.2) is 5.13 Å². The Morgan fingerprint density at radius 2 is 2.35 bits per heavy atom. The number of thiazole rings is 1. The van der Waals surface area contributed by atoms with Crippen molar-refractivity contribution in [2.45, 2.75) is 38.8 Å². The molecule has 2 N–H and O–H groups in total. The molecule has 96 valence electrons. The lowest BCUT2D eigenvalue weighted by Gasteiger charge is -2.39. The van der Waals surface area contributed by atoms with Crippen molar-refractivity contribution in [3.8, 4) is 0 Å². The van der Waals surface area contributed by atoms with Gasteiger partial charge in [-0.25, -0.2) is 4.98 Å². The number of methoxy groups -OCH3 is 1. The molecule has 1 aliphatic rings. The minimum absolute atomic E-state index is 0.0410. The Balaban J connectivity index is 2.16. The van der Waals surface area contributed by atoms with Crippen LogP contribution in [0.25, 0.3) is 0 Å². The van der Waals surface area contributed by atoms with E-state index in [0.29, 0.717) is 6.54 Å². The van der Waals surface area contributed by atoms with Gasteiger partial charge in [-0.15, -0.1) is 11.3 Å². The highest BCUT2D eigenvalue weighted by Crippen LogP contribution is 2.31. The van der Waals surface area contributed by atoms with Gasteiger partial charge in [0.1, 0.15) is 0 Å². The van der Waals surface area contributed by atoms with E-state index in [1.165, 1.54) is 4.88 Å². The Hall–Kier alpha value is -0.650. The Morgan fingerprint density at radius 3 is 2.94 bits per heavy atom. The van der Waals surface area contributed by atoms with E-state index in [9.17, 15) is 0 Å². The molecule has 17 heavy (non-hydrogen) atoms. The van der Waals surface area contributed by atoms with Crippen LogP contribution in [0.15, 0.2) is 0 Å². The van der Waals surface area contributed by atoms with Crippen LogP contribution < -0.4 is 10.6 Å². The molecule has 0 amide bonds. The molecule has 1 saturated heterocycles. The maximum absolute atomic E-state index is 5.70. The van der Waals surface area contributed by atoms with Crippen molar-refractivity contribution in [1.82, 2.24) is 4.98 Å². The van der Waals surface area contributed by atoms with Crippen LogP contribution in [0.3, 0.4) is 0 Å². The van der Waals surface area contributed by atoms with E-state index in [1.807, 2.05) is 6.92 Å². The molecule has 1 aromatic heterocycles. The lowest BCUT2D eigenvalue weighted by atomic mass is 9.95. The second-order valence-corrected chi connectivity index (χ2v) is 5.95. The van der Waals surface area contributed by atoms with Crippen LogP contribution in [0.1, 0.15) is 30.3 Å². The lowest BCUT2D eigenvalue weighted by Crippen LogP contribution is -2.47. The van der Waals surface area contributed by atoms with Gasteiger partial charge in [0.25, 0.3) is 0 Å². The minimum atomic E-state index is -0.0410. The third-order valence-electron chi connectivity index (χ3n) is 3.49. The van der Waals surface area contributed by atoms with Gasteiger partial charge in [-0.1, -0.05) is 0 Å². The zero-order valence-electron chi connectivity index (χ0n) is 10.8. The minimum Gasteiger partial charge on any atom is -0.377 e. The molecule has 0 radical (unpaired) electrons. The summed E-state index contributed by atoms with van der Waals surface area (Å²) >= 11 is 1.71. The van der Waals surface area contributed by atoms with Crippen molar-refractivity contribution in [3.05, 3.63) is 10.6 Å². The third-order valence-corrected chi connectivity index (χ3v) is 4.73. The Kier molecular flexibility index (Phi) is 3.70. The molecule has 4 nitrogen and oxygen atoms in total. The van der Waals surface area contributed by atoms with Gasteiger partial charge in [-0.05, 0) is 26.7 Å². The Labute approximate surface area is 107 Å². The summed E-state index contributed by atoms with van der Waals surface area (Å²) in [5.41, 5.74) is 6.73. The fourth-order valence-corrected chi connectivity index (χ4v) is 3.24. The van der Waals surface area contributed by atoms with Crippen LogP contribution >= 0.6 is 11.3 Å². The molecule has 0 aliphatic carbocycles. The highest BCUT2D eigenvalue weighted by molar-refractivity contribution is 7.15. The zero-order valence-corrected chi connectivity index (χ0v) is 11.6. The van der Waals surface area contributed by atoms with Gasteiger partial charge in [0.2, 0.25) is 0 Å². The maximum atomic E-state index is 5.70. The summed E-state index contributed by atoms with van der Waals surface area (Å²) in [6, 6.07) is 0. The van der Waals surface area contributed by atoms with E-state index < -0.39 is 0 Å². The third kappa shape index (κ3) is 2.61. The molecule has 1 aliphatic heterocycles. The van der Waals surface area contributed by atoms with Gasteiger partial charge in [-0.3, -0.25) is 0 Å². The quantitative estimate of drug-likeness (QED) is 0.896. The van der Waals surface area contributed by atoms with Gasteiger partial charge in [-0.2, -0.15) is 0 Å². The summed E-state index contributed by atoms with van der Waals surface area (Å²) in [6.45, 7) is 6.76. The molecular weight excluding hydrogens is 234 g/mol. The van der Waals surface area contributed by atoms with E-state index in [0.717, 1.165) is 36.8 Å². The number of hydrogen-bond donors (Lipinski definition) is 1. The first-order valence-corrected chi connectivity index (χ1v) is 6.86. The molecule has 1 unspecified atom stereocenters. The second kappa shape index (κ2) is 4.92.